The highest BCUT2D eigenvalue weighted by Crippen LogP contribution is 2.26. The van der Waals surface area contributed by atoms with Crippen LogP contribution in [0.3, 0.4) is 0 Å². The summed E-state index contributed by atoms with van der Waals surface area (Å²) in [5.74, 6) is 0.621. The minimum Gasteiger partial charge on any atom is -0.383 e. The fraction of sp³-hybridized carbons (Fsp3) is 0.636. The highest BCUT2D eigenvalue weighted by molar-refractivity contribution is 6.29. The van der Waals surface area contributed by atoms with Gasteiger partial charge in [0.2, 0.25) is 0 Å². The van der Waals surface area contributed by atoms with E-state index in [4.69, 9.17) is 11.6 Å². The molecule has 0 aromatic carbocycles. The number of nitrogens with one attached hydrogen (secondary N) is 1. The molecule has 0 unspecified atom stereocenters. The minimum absolute atomic E-state index is 0.246. The van der Waals surface area contributed by atoms with E-state index in [1.54, 1.807) is 12.3 Å². The van der Waals surface area contributed by atoms with Crippen LogP contribution in [-0.2, 0) is 0 Å². The first-order valence-electron chi connectivity index (χ1n) is 5.14. The van der Waals surface area contributed by atoms with Crippen LogP contribution in [0.4, 0.5) is 5.69 Å². The van der Waals surface area contributed by atoms with Crippen LogP contribution in [-0.4, -0.2) is 16.7 Å². The summed E-state index contributed by atoms with van der Waals surface area (Å²) in [6, 6.07) is 1.78. The maximum atomic E-state index is 5.74. The Balaban J connectivity index is 2.57. The largest absolute Gasteiger partial charge is 0.383 e. The average molecular weight is 228 g/mol. The van der Waals surface area contributed by atoms with E-state index in [1.165, 1.54) is 0 Å². The lowest BCUT2D eigenvalue weighted by Gasteiger charge is -2.29. The molecule has 1 rings (SSSR count). The van der Waals surface area contributed by atoms with E-state index in [0.717, 1.165) is 12.2 Å². The van der Waals surface area contributed by atoms with Crippen LogP contribution in [0.5, 0.6) is 0 Å². The van der Waals surface area contributed by atoms with Crippen molar-refractivity contribution in [1.29, 1.82) is 0 Å². The molecule has 0 aliphatic heterocycles. The Labute approximate surface area is 96.2 Å². The van der Waals surface area contributed by atoms with Crippen LogP contribution in [0.1, 0.15) is 27.7 Å². The monoisotopic (exact) mass is 227 g/mol. The summed E-state index contributed by atoms with van der Waals surface area (Å²) in [5.41, 5.74) is 1.17. The van der Waals surface area contributed by atoms with Gasteiger partial charge in [0.05, 0.1) is 11.9 Å². The topological polar surface area (TPSA) is 37.8 Å². The van der Waals surface area contributed by atoms with E-state index < -0.39 is 0 Å². The fourth-order valence-corrected chi connectivity index (χ4v) is 1.13. The zero-order chi connectivity index (χ0) is 11.5. The van der Waals surface area contributed by atoms with Crippen LogP contribution < -0.4 is 5.32 Å². The third-order valence-electron chi connectivity index (χ3n) is 2.94. The van der Waals surface area contributed by atoms with Gasteiger partial charge in [-0.25, -0.2) is 0 Å². The van der Waals surface area contributed by atoms with E-state index in [2.05, 4.69) is 43.2 Å². The molecule has 3 nitrogen and oxygen atoms in total. The molecule has 0 saturated carbocycles. The number of hydrogen-bond donors (Lipinski definition) is 1. The third kappa shape index (κ3) is 3.67. The van der Waals surface area contributed by atoms with E-state index in [0.29, 0.717) is 11.1 Å². The van der Waals surface area contributed by atoms with Crippen LogP contribution in [0.2, 0.25) is 5.15 Å². The Morgan fingerprint density at radius 3 is 2.67 bits per heavy atom. The van der Waals surface area contributed by atoms with E-state index in [9.17, 15) is 0 Å². The molecular formula is C11H18ClN3. The number of aromatic nitrogens is 2. The first-order chi connectivity index (χ1) is 6.92. The zero-order valence-corrected chi connectivity index (χ0v) is 10.5. The molecule has 0 spiro atoms. The number of nitrogens with zero attached hydrogens (tertiary/aromatic N) is 2. The van der Waals surface area contributed by atoms with Crippen molar-refractivity contribution >= 4 is 17.3 Å². The van der Waals surface area contributed by atoms with Crippen molar-refractivity contribution in [1.82, 2.24) is 10.2 Å². The molecule has 15 heavy (non-hydrogen) atoms. The molecule has 4 heteroatoms. The summed E-state index contributed by atoms with van der Waals surface area (Å²) < 4.78 is 0. The smallest absolute Gasteiger partial charge is 0.153 e. The lowest BCUT2D eigenvalue weighted by molar-refractivity contribution is 0.269. The second-order valence-electron chi connectivity index (χ2n) is 4.76. The number of anilines is 1. The van der Waals surface area contributed by atoms with Crippen molar-refractivity contribution < 1.29 is 0 Å². The number of halogens is 1. The zero-order valence-electron chi connectivity index (χ0n) is 9.71. The standard InChI is InChI=1S/C11H18ClN3/c1-8(2)11(3,4)7-13-9-5-10(12)15-14-6-9/h5-6,8H,7H2,1-4H3,(H,13,15). The number of rotatable bonds is 4. The molecule has 0 amide bonds. The van der Waals surface area contributed by atoms with Gasteiger partial charge in [-0.15, -0.1) is 5.10 Å². The lowest BCUT2D eigenvalue weighted by atomic mass is 9.81. The molecule has 1 N–H and O–H groups in total. The normalized spacial score (nSPS) is 11.9. The molecule has 1 aromatic heterocycles. The summed E-state index contributed by atoms with van der Waals surface area (Å²) >= 11 is 5.74. The van der Waals surface area contributed by atoms with Gasteiger partial charge in [-0.1, -0.05) is 39.3 Å². The molecule has 0 radical (unpaired) electrons. The van der Waals surface area contributed by atoms with Crippen molar-refractivity contribution in [2.75, 3.05) is 11.9 Å². The summed E-state index contributed by atoms with van der Waals surface area (Å²) in [7, 11) is 0. The fourth-order valence-electron chi connectivity index (χ4n) is 0.971. The van der Waals surface area contributed by atoms with Gasteiger partial charge in [-0.2, -0.15) is 5.10 Å². The Bertz CT molecular complexity index is 323. The van der Waals surface area contributed by atoms with Crippen molar-refractivity contribution in [3.8, 4) is 0 Å². The highest BCUT2D eigenvalue weighted by Gasteiger charge is 2.21. The summed E-state index contributed by atoms with van der Waals surface area (Å²) in [5, 5.41) is 11.2. The van der Waals surface area contributed by atoms with Crippen LogP contribution in [0, 0.1) is 11.3 Å². The summed E-state index contributed by atoms with van der Waals surface area (Å²) in [6.07, 6.45) is 1.68. The molecule has 1 heterocycles. The Hall–Kier alpha value is -0.830. The molecule has 1 aromatic rings. The van der Waals surface area contributed by atoms with Crippen LogP contribution >= 0.6 is 11.6 Å². The van der Waals surface area contributed by atoms with Crippen LogP contribution in [0.25, 0.3) is 0 Å². The molecule has 0 aliphatic carbocycles. The Morgan fingerprint density at radius 2 is 2.13 bits per heavy atom. The van der Waals surface area contributed by atoms with Gasteiger partial charge >= 0.3 is 0 Å². The minimum atomic E-state index is 0.246. The van der Waals surface area contributed by atoms with Crippen molar-refractivity contribution in [2.24, 2.45) is 11.3 Å². The van der Waals surface area contributed by atoms with Gasteiger partial charge in [0, 0.05) is 12.6 Å². The Morgan fingerprint density at radius 1 is 1.47 bits per heavy atom. The van der Waals surface area contributed by atoms with E-state index >= 15 is 0 Å². The van der Waals surface area contributed by atoms with Crippen LogP contribution in [0.15, 0.2) is 12.3 Å². The summed E-state index contributed by atoms with van der Waals surface area (Å²) in [4.78, 5) is 0. The molecule has 0 fully saturated rings. The van der Waals surface area contributed by atoms with E-state index in [-0.39, 0.29) is 5.41 Å². The molecule has 0 saturated heterocycles. The van der Waals surface area contributed by atoms with Crippen molar-refractivity contribution in [3.63, 3.8) is 0 Å². The van der Waals surface area contributed by atoms with Gasteiger partial charge in [0.25, 0.3) is 0 Å². The third-order valence-corrected chi connectivity index (χ3v) is 3.12. The summed E-state index contributed by atoms with van der Waals surface area (Å²) in [6.45, 7) is 9.81. The second-order valence-corrected chi connectivity index (χ2v) is 5.15. The predicted molar refractivity (Wildman–Crippen MR) is 64.2 cm³/mol. The first kappa shape index (κ1) is 12.2. The molecule has 84 valence electrons. The molecule has 0 aliphatic rings. The van der Waals surface area contributed by atoms with Gasteiger partial charge in [-0.05, 0) is 11.3 Å². The quantitative estimate of drug-likeness (QED) is 0.858. The second kappa shape index (κ2) is 4.79. The maximum absolute atomic E-state index is 5.74. The molecule has 0 bridgehead atoms. The SMILES string of the molecule is CC(C)C(C)(C)CNc1cnnc(Cl)c1. The lowest BCUT2D eigenvalue weighted by Crippen LogP contribution is -2.28. The van der Waals surface area contributed by atoms with Gasteiger partial charge < -0.3 is 5.32 Å². The predicted octanol–water partition coefficient (Wildman–Crippen LogP) is 3.22. The van der Waals surface area contributed by atoms with Crippen molar-refractivity contribution in [2.45, 2.75) is 27.7 Å². The van der Waals surface area contributed by atoms with Gasteiger partial charge in [-0.3, -0.25) is 0 Å². The maximum Gasteiger partial charge on any atom is 0.153 e. The van der Waals surface area contributed by atoms with E-state index in [1.807, 2.05) is 0 Å². The van der Waals surface area contributed by atoms with Gasteiger partial charge in [0.1, 0.15) is 0 Å². The first-order valence-corrected chi connectivity index (χ1v) is 5.52. The Kier molecular flexibility index (Phi) is 3.91. The highest BCUT2D eigenvalue weighted by atomic mass is 35.5. The number of hydrogen-bond acceptors (Lipinski definition) is 3. The van der Waals surface area contributed by atoms with Crippen molar-refractivity contribution in [3.05, 3.63) is 17.4 Å². The molecule has 0 atom stereocenters. The molecular weight excluding hydrogens is 210 g/mol. The van der Waals surface area contributed by atoms with Gasteiger partial charge in [0.15, 0.2) is 5.15 Å². The average Bonchev–Trinajstić information content (AvgIpc) is 2.15.